The van der Waals surface area contributed by atoms with Gasteiger partial charge < -0.3 is 15.4 Å². The molecule has 1 saturated carbocycles. The summed E-state index contributed by atoms with van der Waals surface area (Å²) >= 11 is 0. The van der Waals surface area contributed by atoms with Crippen LogP contribution in [0.1, 0.15) is 19.3 Å². The first-order valence-corrected chi connectivity index (χ1v) is 7.05. The van der Waals surface area contributed by atoms with E-state index in [2.05, 4.69) is 15.3 Å². The Bertz CT molecular complexity index is 782. The summed E-state index contributed by atoms with van der Waals surface area (Å²) in [6.45, 7) is 0.668. The fourth-order valence-electron chi connectivity index (χ4n) is 2.61. The number of aromatic nitrogens is 2. The van der Waals surface area contributed by atoms with E-state index in [4.69, 9.17) is 5.11 Å². The second-order valence-electron chi connectivity index (χ2n) is 5.70. The summed E-state index contributed by atoms with van der Waals surface area (Å²) in [4.78, 5) is 28.9. The van der Waals surface area contributed by atoms with E-state index in [1.807, 2.05) is 0 Å². The van der Waals surface area contributed by atoms with Crippen LogP contribution in [0.4, 0.5) is 11.4 Å². The van der Waals surface area contributed by atoms with Gasteiger partial charge in [0.25, 0.3) is 11.2 Å². The number of anilines is 1. The molecule has 3 rings (SSSR count). The highest BCUT2D eigenvalue weighted by atomic mass is 16.6. The number of fused-ring (bicyclic) bond motifs is 1. The number of hydrogen-bond donors (Lipinski definition) is 3. The second kappa shape index (κ2) is 5.38. The third kappa shape index (κ3) is 2.64. The minimum Gasteiger partial charge on any atom is -0.396 e. The molecule has 1 aromatic heterocycles. The van der Waals surface area contributed by atoms with Crippen molar-refractivity contribution < 1.29 is 10.0 Å². The van der Waals surface area contributed by atoms with Crippen molar-refractivity contribution in [3.05, 3.63) is 38.9 Å². The van der Waals surface area contributed by atoms with E-state index in [1.54, 1.807) is 0 Å². The number of aliphatic hydroxyl groups is 1. The Kier molecular flexibility index (Phi) is 3.53. The SMILES string of the molecule is O=c1[nH]cnc2cc(NCC3(CCO)CC3)c([N+](=O)[O-])cc12. The summed E-state index contributed by atoms with van der Waals surface area (Å²) < 4.78 is 0. The van der Waals surface area contributed by atoms with Crippen molar-refractivity contribution in [1.82, 2.24) is 9.97 Å². The smallest absolute Gasteiger partial charge is 0.293 e. The molecule has 8 heteroatoms. The van der Waals surface area contributed by atoms with Gasteiger partial charge in [-0.15, -0.1) is 0 Å². The molecule has 0 spiro atoms. The van der Waals surface area contributed by atoms with Gasteiger partial charge in [-0.1, -0.05) is 0 Å². The van der Waals surface area contributed by atoms with Gasteiger partial charge >= 0.3 is 0 Å². The van der Waals surface area contributed by atoms with Crippen LogP contribution in [0.3, 0.4) is 0 Å². The van der Waals surface area contributed by atoms with Gasteiger partial charge in [0, 0.05) is 19.2 Å². The van der Waals surface area contributed by atoms with Crippen LogP contribution in [0, 0.1) is 15.5 Å². The predicted octanol–water partition coefficient (Wildman–Crippen LogP) is 1.41. The number of aliphatic hydroxyl groups excluding tert-OH is 1. The number of nitro groups is 1. The van der Waals surface area contributed by atoms with Crippen LogP contribution in [0.25, 0.3) is 10.9 Å². The first-order valence-electron chi connectivity index (χ1n) is 7.05. The molecule has 0 amide bonds. The Hall–Kier alpha value is -2.48. The normalized spacial score (nSPS) is 15.7. The Labute approximate surface area is 125 Å². The summed E-state index contributed by atoms with van der Waals surface area (Å²) in [7, 11) is 0. The minimum atomic E-state index is -0.514. The minimum absolute atomic E-state index is 0.0269. The largest absolute Gasteiger partial charge is 0.396 e. The average Bonchev–Trinajstić information content (AvgIpc) is 3.25. The van der Waals surface area contributed by atoms with E-state index in [1.165, 1.54) is 18.5 Å². The van der Waals surface area contributed by atoms with Gasteiger partial charge in [-0.05, 0) is 30.7 Å². The van der Waals surface area contributed by atoms with Crippen molar-refractivity contribution >= 4 is 22.3 Å². The average molecular weight is 304 g/mol. The standard InChI is InChI=1S/C14H16N4O4/c19-4-3-14(1-2-14)7-15-11-6-10-9(5-12(11)18(21)22)13(20)17-8-16-10/h5-6,8,15,19H,1-4,7H2,(H,16,17,20). The van der Waals surface area contributed by atoms with Crippen LogP contribution in [0.2, 0.25) is 0 Å². The first kappa shape index (κ1) is 14.5. The van der Waals surface area contributed by atoms with Crippen LogP contribution in [0.5, 0.6) is 0 Å². The third-order valence-corrected chi connectivity index (χ3v) is 4.21. The van der Waals surface area contributed by atoms with Gasteiger partial charge in [-0.3, -0.25) is 14.9 Å². The number of rotatable bonds is 6. The highest BCUT2D eigenvalue weighted by Gasteiger charge is 2.41. The van der Waals surface area contributed by atoms with E-state index in [9.17, 15) is 14.9 Å². The van der Waals surface area contributed by atoms with Crippen molar-refractivity contribution in [3.63, 3.8) is 0 Å². The van der Waals surface area contributed by atoms with Gasteiger partial charge in [0.1, 0.15) is 5.69 Å². The molecule has 1 aromatic carbocycles. The van der Waals surface area contributed by atoms with E-state index in [0.717, 1.165) is 12.8 Å². The quantitative estimate of drug-likeness (QED) is 0.548. The molecular weight excluding hydrogens is 288 g/mol. The van der Waals surface area contributed by atoms with Crippen LogP contribution in [-0.4, -0.2) is 33.1 Å². The molecule has 1 fully saturated rings. The van der Waals surface area contributed by atoms with E-state index < -0.39 is 10.5 Å². The highest BCUT2D eigenvalue weighted by Crippen LogP contribution is 2.48. The lowest BCUT2D eigenvalue weighted by atomic mass is 10.0. The third-order valence-electron chi connectivity index (χ3n) is 4.21. The van der Waals surface area contributed by atoms with Crippen molar-refractivity contribution in [3.8, 4) is 0 Å². The molecule has 1 aliphatic rings. The van der Waals surface area contributed by atoms with Crippen LogP contribution in [-0.2, 0) is 0 Å². The van der Waals surface area contributed by atoms with Crippen molar-refractivity contribution in [2.24, 2.45) is 5.41 Å². The number of benzene rings is 1. The molecule has 1 aliphatic carbocycles. The Morgan fingerprint density at radius 1 is 1.45 bits per heavy atom. The van der Waals surface area contributed by atoms with Crippen LogP contribution < -0.4 is 10.9 Å². The Morgan fingerprint density at radius 3 is 2.86 bits per heavy atom. The zero-order chi connectivity index (χ0) is 15.7. The number of nitrogens with zero attached hydrogens (tertiary/aromatic N) is 2. The van der Waals surface area contributed by atoms with Crippen molar-refractivity contribution in [2.75, 3.05) is 18.5 Å². The lowest BCUT2D eigenvalue weighted by Crippen LogP contribution is -2.17. The monoisotopic (exact) mass is 304 g/mol. The van der Waals surface area contributed by atoms with Gasteiger partial charge in [0.15, 0.2) is 0 Å². The molecule has 3 N–H and O–H groups in total. The molecule has 8 nitrogen and oxygen atoms in total. The highest BCUT2D eigenvalue weighted by molar-refractivity contribution is 5.86. The van der Waals surface area contributed by atoms with E-state index >= 15 is 0 Å². The molecule has 0 unspecified atom stereocenters. The maximum Gasteiger partial charge on any atom is 0.293 e. The first-order chi connectivity index (χ1) is 10.5. The molecule has 0 aliphatic heterocycles. The van der Waals surface area contributed by atoms with Crippen molar-refractivity contribution in [2.45, 2.75) is 19.3 Å². The summed E-state index contributed by atoms with van der Waals surface area (Å²) in [5, 5.41) is 23.6. The zero-order valence-corrected chi connectivity index (χ0v) is 11.8. The maximum atomic E-state index is 11.7. The van der Waals surface area contributed by atoms with E-state index in [0.29, 0.717) is 24.2 Å². The molecule has 2 aromatic rings. The summed E-state index contributed by atoms with van der Waals surface area (Å²) in [6.07, 6.45) is 3.95. The summed E-state index contributed by atoms with van der Waals surface area (Å²) in [5.41, 5.74) is 0.229. The number of nitro benzene ring substituents is 1. The van der Waals surface area contributed by atoms with E-state index in [-0.39, 0.29) is 23.1 Å². The second-order valence-corrected chi connectivity index (χ2v) is 5.70. The molecular formula is C14H16N4O4. The zero-order valence-electron chi connectivity index (χ0n) is 11.8. The van der Waals surface area contributed by atoms with Gasteiger partial charge in [0.2, 0.25) is 0 Å². The number of H-pyrrole nitrogens is 1. The Balaban J connectivity index is 1.95. The van der Waals surface area contributed by atoms with Gasteiger partial charge in [-0.2, -0.15) is 0 Å². The molecule has 22 heavy (non-hydrogen) atoms. The topological polar surface area (TPSA) is 121 Å². The fourth-order valence-corrected chi connectivity index (χ4v) is 2.61. The predicted molar refractivity (Wildman–Crippen MR) is 80.9 cm³/mol. The van der Waals surface area contributed by atoms with Crippen LogP contribution >= 0.6 is 0 Å². The molecule has 1 heterocycles. The lowest BCUT2D eigenvalue weighted by Gasteiger charge is -2.15. The van der Waals surface area contributed by atoms with Gasteiger partial charge in [0.05, 0.1) is 22.2 Å². The number of aromatic amines is 1. The van der Waals surface area contributed by atoms with Crippen LogP contribution in [0.15, 0.2) is 23.3 Å². The van der Waals surface area contributed by atoms with Gasteiger partial charge in [-0.25, -0.2) is 4.98 Å². The summed E-state index contributed by atoms with van der Waals surface area (Å²) in [5.74, 6) is 0. The number of nitrogens with one attached hydrogen (secondary N) is 2. The fraction of sp³-hybridized carbons (Fsp3) is 0.429. The molecule has 116 valence electrons. The molecule has 0 radical (unpaired) electrons. The molecule has 0 atom stereocenters. The Morgan fingerprint density at radius 2 is 2.23 bits per heavy atom. The lowest BCUT2D eigenvalue weighted by molar-refractivity contribution is -0.383. The van der Waals surface area contributed by atoms with Crippen molar-refractivity contribution in [1.29, 1.82) is 0 Å². The molecule has 0 bridgehead atoms. The number of hydrogen-bond acceptors (Lipinski definition) is 6. The maximum absolute atomic E-state index is 11.7. The molecule has 0 saturated heterocycles. The summed E-state index contributed by atoms with van der Waals surface area (Å²) in [6, 6.07) is 2.77.